The molecule has 0 aliphatic carbocycles. The predicted molar refractivity (Wildman–Crippen MR) is 113 cm³/mol. The summed E-state index contributed by atoms with van der Waals surface area (Å²) in [5, 5.41) is 7.83. The van der Waals surface area contributed by atoms with Gasteiger partial charge in [-0.2, -0.15) is 0 Å². The van der Waals surface area contributed by atoms with E-state index in [1.165, 1.54) is 64.2 Å². The van der Waals surface area contributed by atoms with E-state index in [9.17, 15) is 14.4 Å². The first-order valence-electron chi connectivity index (χ1n) is 9.79. The second-order valence-electron chi connectivity index (χ2n) is 5.85. The molecule has 0 radical (unpaired) electrons. The molecule has 0 spiro atoms. The van der Waals surface area contributed by atoms with Crippen molar-refractivity contribution in [2.24, 2.45) is 0 Å². The Morgan fingerprint density at radius 1 is 0.857 bits per heavy atom. The molecule has 0 aliphatic rings. The number of hydrogen-bond acceptors (Lipinski definition) is 5. The summed E-state index contributed by atoms with van der Waals surface area (Å²) in [6.07, 6.45) is 16.8. The largest absolute Gasteiger partial charge is 0.478 e. The zero-order valence-electron chi connectivity index (χ0n) is 17.8. The van der Waals surface area contributed by atoms with Gasteiger partial charge in [0.2, 0.25) is 0 Å². The van der Waals surface area contributed by atoms with Crippen molar-refractivity contribution in [3.63, 3.8) is 0 Å². The van der Waals surface area contributed by atoms with Crippen LogP contribution in [0.4, 0.5) is 0 Å². The molecule has 6 nitrogen and oxygen atoms in total. The Morgan fingerprint density at radius 3 is 1.61 bits per heavy atom. The number of esters is 2. The first kappa shape index (κ1) is 30.4. The van der Waals surface area contributed by atoms with Crippen molar-refractivity contribution in [2.45, 2.75) is 85.0 Å². The standard InChI is InChI=1S/C14H26O2.2C4H6O2/c1-3-5-6-7-8-9-10-11-12-13-14(15)16-4-2;1-3-6-4(2)5;1-2-3-4(5)6/h4H,2-3,5-13H2,1H3;3H,1H2,2H3;2-3H,1H3,(H,5,6). The molecule has 28 heavy (non-hydrogen) atoms. The number of aliphatic carboxylic acids is 1. The molecule has 0 aromatic heterocycles. The smallest absolute Gasteiger partial charge is 0.327 e. The number of carboxylic acids is 1. The van der Waals surface area contributed by atoms with E-state index in [0.29, 0.717) is 6.42 Å². The maximum Gasteiger partial charge on any atom is 0.327 e. The van der Waals surface area contributed by atoms with E-state index in [4.69, 9.17) is 5.11 Å². The molecule has 0 aromatic rings. The van der Waals surface area contributed by atoms with E-state index >= 15 is 0 Å². The summed E-state index contributed by atoms with van der Waals surface area (Å²) in [6, 6.07) is 0. The lowest BCUT2D eigenvalue weighted by atomic mass is 10.1. The Bertz CT molecular complexity index is 440. The van der Waals surface area contributed by atoms with Crippen molar-refractivity contribution < 1.29 is 29.0 Å². The fourth-order valence-corrected chi connectivity index (χ4v) is 1.99. The van der Waals surface area contributed by atoms with Gasteiger partial charge in [0, 0.05) is 19.4 Å². The highest BCUT2D eigenvalue weighted by Crippen LogP contribution is 2.10. The van der Waals surface area contributed by atoms with Gasteiger partial charge >= 0.3 is 17.9 Å². The average Bonchev–Trinajstić information content (AvgIpc) is 2.61. The summed E-state index contributed by atoms with van der Waals surface area (Å²) in [5.41, 5.74) is 0. The van der Waals surface area contributed by atoms with Crippen LogP contribution in [0.25, 0.3) is 0 Å². The van der Waals surface area contributed by atoms with E-state index in [2.05, 4.69) is 29.6 Å². The molecule has 1 N–H and O–H groups in total. The van der Waals surface area contributed by atoms with Gasteiger partial charge in [0.15, 0.2) is 0 Å². The fourth-order valence-electron chi connectivity index (χ4n) is 1.99. The van der Waals surface area contributed by atoms with E-state index < -0.39 is 5.97 Å². The lowest BCUT2D eigenvalue weighted by Gasteiger charge is -2.01. The Kier molecular flexibility index (Phi) is 29.1. The third kappa shape index (κ3) is 38.9. The van der Waals surface area contributed by atoms with E-state index in [1.54, 1.807) is 6.92 Å². The van der Waals surface area contributed by atoms with Crippen molar-refractivity contribution in [3.05, 3.63) is 37.8 Å². The molecule has 162 valence electrons. The number of allylic oxidation sites excluding steroid dienone is 1. The average molecular weight is 399 g/mol. The quantitative estimate of drug-likeness (QED) is 0.179. The van der Waals surface area contributed by atoms with Crippen LogP contribution < -0.4 is 0 Å². The van der Waals surface area contributed by atoms with Crippen molar-refractivity contribution in [1.29, 1.82) is 0 Å². The van der Waals surface area contributed by atoms with Crippen LogP contribution in [0.15, 0.2) is 37.8 Å². The lowest BCUT2D eigenvalue weighted by molar-refractivity contribution is -0.138. The summed E-state index contributed by atoms with van der Waals surface area (Å²) in [4.78, 5) is 30.2. The molecule has 0 saturated heterocycles. The minimum absolute atomic E-state index is 0.155. The van der Waals surface area contributed by atoms with Crippen LogP contribution in [-0.4, -0.2) is 23.0 Å². The summed E-state index contributed by atoms with van der Waals surface area (Å²) < 4.78 is 8.81. The normalized spacial score (nSPS) is 9.25. The van der Waals surface area contributed by atoms with Crippen LogP contribution in [-0.2, 0) is 23.9 Å². The van der Waals surface area contributed by atoms with Crippen LogP contribution in [0.2, 0.25) is 0 Å². The number of unbranched alkanes of at least 4 members (excludes halogenated alkanes) is 8. The third-order valence-corrected chi connectivity index (χ3v) is 3.26. The van der Waals surface area contributed by atoms with Crippen molar-refractivity contribution in [1.82, 2.24) is 0 Å². The molecule has 0 bridgehead atoms. The van der Waals surface area contributed by atoms with Gasteiger partial charge in [-0.15, -0.1) is 0 Å². The van der Waals surface area contributed by atoms with Gasteiger partial charge in [-0.05, 0) is 13.3 Å². The van der Waals surface area contributed by atoms with Gasteiger partial charge in [-0.1, -0.05) is 77.5 Å². The third-order valence-electron chi connectivity index (χ3n) is 3.26. The van der Waals surface area contributed by atoms with Crippen molar-refractivity contribution in [3.8, 4) is 0 Å². The minimum Gasteiger partial charge on any atom is -0.478 e. The van der Waals surface area contributed by atoms with Gasteiger partial charge in [0.25, 0.3) is 0 Å². The second kappa shape index (κ2) is 26.9. The monoisotopic (exact) mass is 398 g/mol. The van der Waals surface area contributed by atoms with Crippen molar-refractivity contribution >= 4 is 17.9 Å². The van der Waals surface area contributed by atoms with Crippen LogP contribution in [0, 0.1) is 0 Å². The Labute approximate surface area is 170 Å². The molecular weight excluding hydrogens is 360 g/mol. The van der Waals surface area contributed by atoms with Gasteiger partial charge < -0.3 is 14.6 Å². The van der Waals surface area contributed by atoms with Gasteiger partial charge in [0.1, 0.15) is 0 Å². The van der Waals surface area contributed by atoms with Crippen molar-refractivity contribution in [2.75, 3.05) is 0 Å². The molecule has 0 heterocycles. The minimum atomic E-state index is -0.891. The maximum absolute atomic E-state index is 11.0. The Morgan fingerprint density at radius 2 is 1.32 bits per heavy atom. The molecule has 0 saturated carbocycles. The van der Waals surface area contributed by atoms with Gasteiger partial charge in [-0.3, -0.25) is 9.59 Å². The highest BCUT2D eigenvalue weighted by Gasteiger charge is 1.99. The molecule has 0 unspecified atom stereocenters. The molecular formula is C22H38O6. The predicted octanol–water partition coefficient (Wildman–Crippen LogP) is 5.93. The fraction of sp³-hybridized carbons (Fsp3) is 0.591. The van der Waals surface area contributed by atoms with Crippen LogP contribution >= 0.6 is 0 Å². The van der Waals surface area contributed by atoms with Crippen LogP contribution in [0.5, 0.6) is 0 Å². The number of ether oxygens (including phenoxy) is 2. The zero-order chi connectivity index (χ0) is 22.0. The molecule has 0 rings (SSSR count). The summed E-state index contributed by atoms with van der Waals surface area (Å²) in [7, 11) is 0. The maximum atomic E-state index is 11.0. The first-order valence-corrected chi connectivity index (χ1v) is 9.79. The molecule has 0 aromatic carbocycles. The SMILES string of the molecule is C=COC(=O)CCCCCCCCCCC.C=COC(C)=O.CC=CC(=O)O. The Hall–Kier alpha value is -2.37. The number of rotatable bonds is 13. The Balaban J connectivity index is -0.000000426. The summed E-state index contributed by atoms with van der Waals surface area (Å²) in [6.45, 7) is 11.7. The van der Waals surface area contributed by atoms with E-state index in [0.717, 1.165) is 25.2 Å². The van der Waals surface area contributed by atoms with E-state index in [-0.39, 0.29) is 11.9 Å². The van der Waals surface area contributed by atoms with Crippen LogP contribution in [0.3, 0.4) is 0 Å². The summed E-state index contributed by atoms with van der Waals surface area (Å²) in [5.74, 6) is -1.37. The molecule has 0 atom stereocenters. The van der Waals surface area contributed by atoms with E-state index in [1.807, 2.05) is 0 Å². The molecule has 6 heteroatoms. The summed E-state index contributed by atoms with van der Waals surface area (Å²) >= 11 is 0. The number of carboxylic acid groups (broad SMARTS) is 1. The first-order chi connectivity index (χ1) is 13.3. The van der Waals surface area contributed by atoms with Gasteiger partial charge in [-0.25, -0.2) is 4.79 Å². The second-order valence-corrected chi connectivity index (χ2v) is 5.85. The molecule has 0 aliphatic heterocycles. The number of hydrogen-bond donors (Lipinski definition) is 1. The molecule has 0 fully saturated rings. The highest BCUT2D eigenvalue weighted by molar-refractivity contribution is 5.79. The number of carbonyl (C=O) groups excluding carboxylic acids is 2. The topological polar surface area (TPSA) is 89.9 Å². The molecule has 0 amide bonds. The highest BCUT2D eigenvalue weighted by atomic mass is 16.5. The zero-order valence-corrected chi connectivity index (χ0v) is 17.8. The number of carbonyl (C=O) groups is 3. The van der Waals surface area contributed by atoms with Gasteiger partial charge in [0.05, 0.1) is 12.5 Å². The van der Waals surface area contributed by atoms with Crippen LogP contribution in [0.1, 0.15) is 85.0 Å². The lowest BCUT2D eigenvalue weighted by Crippen LogP contribution is -1.98.